The molecule has 0 amide bonds. The summed E-state index contributed by atoms with van der Waals surface area (Å²) in [5.41, 5.74) is 0.830. The third-order valence-corrected chi connectivity index (χ3v) is 3.25. The molecule has 0 bridgehead atoms. The third kappa shape index (κ3) is 3.30. The standard InChI is InChI=1S/C12H18ClN3O/c1-2-17-11-3-5-16(6-4-11)12-9-14-8-10(7-13)15-12/h8-9,11H,2-7H2,1H3. The fraction of sp³-hybridized carbons (Fsp3) is 0.667. The molecule has 0 N–H and O–H groups in total. The van der Waals surface area contributed by atoms with Gasteiger partial charge in [0.05, 0.1) is 23.9 Å². The average molecular weight is 256 g/mol. The molecule has 0 saturated carbocycles. The molecule has 0 spiro atoms. The SMILES string of the molecule is CCOC1CCN(c2cncc(CCl)n2)CC1. The lowest BCUT2D eigenvalue weighted by atomic mass is 10.1. The van der Waals surface area contributed by atoms with Crippen molar-refractivity contribution in [2.45, 2.75) is 31.7 Å². The maximum Gasteiger partial charge on any atom is 0.147 e. The van der Waals surface area contributed by atoms with Crippen molar-refractivity contribution in [3.63, 3.8) is 0 Å². The second kappa shape index (κ2) is 6.17. The highest BCUT2D eigenvalue weighted by molar-refractivity contribution is 6.16. The summed E-state index contributed by atoms with van der Waals surface area (Å²) in [6, 6.07) is 0. The number of halogens is 1. The van der Waals surface area contributed by atoms with Gasteiger partial charge in [0.15, 0.2) is 0 Å². The quantitative estimate of drug-likeness (QED) is 0.774. The van der Waals surface area contributed by atoms with E-state index < -0.39 is 0 Å². The van der Waals surface area contributed by atoms with Gasteiger partial charge in [0.2, 0.25) is 0 Å². The van der Waals surface area contributed by atoms with E-state index in [-0.39, 0.29) is 0 Å². The molecular formula is C12H18ClN3O. The lowest BCUT2D eigenvalue weighted by Crippen LogP contribution is -2.37. The van der Waals surface area contributed by atoms with E-state index in [1.807, 2.05) is 6.92 Å². The average Bonchev–Trinajstić information content (AvgIpc) is 2.40. The number of piperidine rings is 1. The largest absolute Gasteiger partial charge is 0.378 e. The summed E-state index contributed by atoms with van der Waals surface area (Å²) < 4.78 is 5.63. The Hall–Kier alpha value is -0.870. The van der Waals surface area contributed by atoms with Crippen LogP contribution in [-0.2, 0) is 10.6 Å². The van der Waals surface area contributed by atoms with Crippen LogP contribution in [0.1, 0.15) is 25.5 Å². The molecule has 1 aromatic rings. The number of aromatic nitrogens is 2. The number of alkyl halides is 1. The van der Waals surface area contributed by atoms with E-state index >= 15 is 0 Å². The molecule has 1 saturated heterocycles. The van der Waals surface area contributed by atoms with Gasteiger partial charge in [-0.1, -0.05) is 0 Å². The number of ether oxygens (including phenoxy) is 1. The molecule has 0 aromatic carbocycles. The molecule has 17 heavy (non-hydrogen) atoms. The zero-order valence-electron chi connectivity index (χ0n) is 10.1. The molecule has 1 aromatic heterocycles. The molecule has 1 fully saturated rings. The first-order valence-corrected chi connectivity index (χ1v) is 6.60. The molecule has 4 nitrogen and oxygen atoms in total. The molecule has 2 heterocycles. The smallest absolute Gasteiger partial charge is 0.147 e. The Labute approximate surface area is 107 Å². The normalized spacial score (nSPS) is 17.4. The second-order valence-corrected chi connectivity index (χ2v) is 4.41. The molecule has 1 aliphatic heterocycles. The fourth-order valence-corrected chi connectivity index (χ4v) is 2.23. The Morgan fingerprint density at radius 1 is 1.41 bits per heavy atom. The predicted octanol–water partition coefficient (Wildman–Crippen LogP) is 2.22. The Morgan fingerprint density at radius 2 is 2.18 bits per heavy atom. The van der Waals surface area contributed by atoms with Crippen LogP contribution in [0.25, 0.3) is 0 Å². The van der Waals surface area contributed by atoms with Crippen molar-refractivity contribution < 1.29 is 4.74 Å². The van der Waals surface area contributed by atoms with Gasteiger partial charge in [-0.2, -0.15) is 0 Å². The molecular weight excluding hydrogens is 238 g/mol. The summed E-state index contributed by atoms with van der Waals surface area (Å²) in [7, 11) is 0. The molecule has 94 valence electrons. The molecule has 2 rings (SSSR count). The lowest BCUT2D eigenvalue weighted by molar-refractivity contribution is 0.0458. The number of nitrogens with zero attached hydrogens (tertiary/aromatic N) is 3. The van der Waals surface area contributed by atoms with Crippen LogP contribution in [0.15, 0.2) is 12.4 Å². The zero-order chi connectivity index (χ0) is 12.1. The number of hydrogen-bond donors (Lipinski definition) is 0. The third-order valence-electron chi connectivity index (χ3n) is 2.98. The van der Waals surface area contributed by atoms with Crippen molar-refractivity contribution in [2.24, 2.45) is 0 Å². The minimum Gasteiger partial charge on any atom is -0.378 e. The highest BCUT2D eigenvalue weighted by Gasteiger charge is 2.20. The molecule has 0 aliphatic carbocycles. The van der Waals surface area contributed by atoms with Crippen LogP contribution in [0.5, 0.6) is 0 Å². The van der Waals surface area contributed by atoms with E-state index in [4.69, 9.17) is 16.3 Å². The van der Waals surface area contributed by atoms with Gasteiger partial charge in [-0.05, 0) is 19.8 Å². The summed E-state index contributed by atoms with van der Waals surface area (Å²) in [4.78, 5) is 10.9. The van der Waals surface area contributed by atoms with Gasteiger partial charge in [0.25, 0.3) is 0 Å². The monoisotopic (exact) mass is 255 g/mol. The number of anilines is 1. The van der Waals surface area contributed by atoms with Crippen molar-refractivity contribution in [3.8, 4) is 0 Å². The van der Waals surface area contributed by atoms with Crippen molar-refractivity contribution in [1.29, 1.82) is 0 Å². The topological polar surface area (TPSA) is 38.2 Å². The van der Waals surface area contributed by atoms with Gasteiger partial charge in [-0.15, -0.1) is 11.6 Å². The summed E-state index contributed by atoms with van der Waals surface area (Å²) in [6.45, 7) is 4.80. The fourth-order valence-electron chi connectivity index (χ4n) is 2.10. The summed E-state index contributed by atoms with van der Waals surface area (Å²) >= 11 is 5.76. The maximum absolute atomic E-state index is 5.76. The minimum absolute atomic E-state index is 0.403. The van der Waals surface area contributed by atoms with E-state index in [1.54, 1.807) is 12.4 Å². The van der Waals surface area contributed by atoms with E-state index in [0.717, 1.165) is 44.0 Å². The van der Waals surface area contributed by atoms with Crippen molar-refractivity contribution in [2.75, 3.05) is 24.6 Å². The Morgan fingerprint density at radius 3 is 2.82 bits per heavy atom. The maximum atomic E-state index is 5.76. The zero-order valence-corrected chi connectivity index (χ0v) is 10.9. The Bertz CT molecular complexity index is 353. The van der Waals surface area contributed by atoms with Gasteiger partial charge >= 0.3 is 0 Å². The van der Waals surface area contributed by atoms with E-state index in [2.05, 4.69) is 14.9 Å². The highest BCUT2D eigenvalue weighted by Crippen LogP contribution is 2.19. The van der Waals surface area contributed by atoms with Crippen LogP contribution >= 0.6 is 11.6 Å². The first-order chi connectivity index (χ1) is 8.33. The molecule has 0 atom stereocenters. The van der Waals surface area contributed by atoms with Crippen LogP contribution in [-0.4, -0.2) is 35.8 Å². The number of rotatable bonds is 4. The second-order valence-electron chi connectivity index (χ2n) is 4.14. The summed E-state index contributed by atoms with van der Waals surface area (Å²) in [6.07, 6.45) is 6.03. The van der Waals surface area contributed by atoms with Crippen molar-refractivity contribution in [1.82, 2.24) is 9.97 Å². The summed E-state index contributed by atoms with van der Waals surface area (Å²) in [5, 5.41) is 0. The highest BCUT2D eigenvalue weighted by atomic mass is 35.5. The summed E-state index contributed by atoms with van der Waals surface area (Å²) in [5.74, 6) is 1.34. The lowest BCUT2D eigenvalue weighted by Gasteiger charge is -2.32. The van der Waals surface area contributed by atoms with Crippen molar-refractivity contribution in [3.05, 3.63) is 18.1 Å². The van der Waals surface area contributed by atoms with Crippen LogP contribution in [0, 0.1) is 0 Å². The van der Waals surface area contributed by atoms with Gasteiger partial charge in [0.1, 0.15) is 5.82 Å². The van der Waals surface area contributed by atoms with Gasteiger partial charge in [0, 0.05) is 25.9 Å². The van der Waals surface area contributed by atoms with Gasteiger partial charge in [-0.3, -0.25) is 4.98 Å². The van der Waals surface area contributed by atoms with Crippen LogP contribution in [0.4, 0.5) is 5.82 Å². The van der Waals surface area contributed by atoms with Gasteiger partial charge in [-0.25, -0.2) is 4.98 Å². The van der Waals surface area contributed by atoms with Crippen LogP contribution < -0.4 is 4.90 Å². The first-order valence-electron chi connectivity index (χ1n) is 6.07. The molecule has 0 unspecified atom stereocenters. The minimum atomic E-state index is 0.403. The van der Waals surface area contributed by atoms with Crippen LogP contribution in [0.2, 0.25) is 0 Å². The predicted molar refractivity (Wildman–Crippen MR) is 68.5 cm³/mol. The van der Waals surface area contributed by atoms with Gasteiger partial charge < -0.3 is 9.64 Å². The van der Waals surface area contributed by atoms with E-state index in [9.17, 15) is 0 Å². The van der Waals surface area contributed by atoms with Crippen LogP contribution in [0.3, 0.4) is 0 Å². The van der Waals surface area contributed by atoms with Crippen molar-refractivity contribution >= 4 is 17.4 Å². The Kier molecular flexibility index (Phi) is 4.57. The number of hydrogen-bond acceptors (Lipinski definition) is 4. The molecule has 0 radical (unpaired) electrons. The Balaban J connectivity index is 1.95. The van der Waals surface area contributed by atoms with E-state index in [1.165, 1.54) is 0 Å². The molecule has 1 aliphatic rings. The molecule has 5 heteroatoms. The first kappa shape index (κ1) is 12.6. The van der Waals surface area contributed by atoms with E-state index in [0.29, 0.717) is 12.0 Å².